The standard InChI is InChI=1S/C18H19ClN2O3/c1-21(11-14-5-3-4-6-16(14)19)12-17(22)20-15-9-7-13(8-10-15)18(23)24-2/h3-10H,11-12H2,1-2H3,(H,20,22). The van der Waals surface area contributed by atoms with E-state index in [2.05, 4.69) is 10.1 Å². The molecule has 0 fully saturated rings. The Kier molecular flexibility index (Phi) is 6.35. The van der Waals surface area contributed by atoms with E-state index in [9.17, 15) is 9.59 Å². The predicted octanol–water partition coefficient (Wildman–Crippen LogP) is 3.20. The quantitative estimate of drug-likeness (QED) is 0.816. The van der Waals surface area contributed by atoms with E-state index in [4.69, 9.17) is 11.6 Å². The molecule has 0 atom stereocenters. The number of carbonyl (C=O) groups excluding carboxylic acids is 2. The van der Waals surface area contributed by atoms with Crippen LogP contribution in [-0.4, -0.2) is 37.5 Å². The van der Waals surface area contributed by atoms with Crippen LogP contribution in [0.2, 0.25) is 5.02 Å². The van der Waals surface area contributed by atoms with Gasteiger partial charge in [-0.25, -0.2) is 4.79 Å². The summed E-state index contributed by atoms with van der Waals surface area (Å²) in [6.45, 7) is 0.804. The van der Waals surface area contributed by atoms with Gasteiger partial charge in [0.25, 0.3) is 0 Å². The number of hydrogen-bond acceptors (Lipinski definition) is 4. The topological polar surface area (TPSA) is 58.6 Å². The molecule has 1 amide bonds. The summed E-state index contributed by atoms with van der Waals surface area (Å²) in [5.41, 5.74) is 2.03. The summed E-state index contributed by atoms with van der Waals surface area (Å²) in [5, 5.41) is 3.48. The first-order valence-electron chi connectivity index (χ1n) is 7.40. The van der Waals surface area contributed by atoms with E-state index in [1.54, 1.807) is 24.3 Å². The number of carbonyl (C=O) groups is 2. The number of hydrogen-bond donors (Lipinski definition) is 1. The van der Waals surface area contributed by atoms with E-state index in [0.717, 1.165) is 5.56 Å². The van der Waals surface area contributed by atoms with Gasteiger partial charge in [0.2, 0.25) is 5.91 Å². The van der Waals surface area contributed by atoms with Crippen molar-refractivity contribution in [2.75, 3.05) is 26.0 Å². The molecule has 2 aromatic carbocycles. The van der Waals surface area contributed by atoms with E-state index in [0.29, 0.717) is 22.8 Å². The first-order chi connectivity index (χ1) is 11.5. The number of methoxy groups -OCH3 is 1. The van der Waals surface area contributed by atoms with Crippen molar-refractivity contribution >= 4 is 29.2 Å². The maximum absolute atomic E-state index is 12.1. The molecule has 0 aliphatic carbocycles. The summed E-state index contributed by atoms with van der Waals surface area (Å²) in [7, 11) is 3.18. The highest BCUT2D eigenvalue weighted by atomic mass is 35.5. The fourth-order valence-corrected chi connectivity index (χ4v) is 2.42. The van der Waals surface area contributed by atoms with Crippen LogP contribution in [0.5, 0.6) is 0 Å². The molecule has 0 radical (unpaired) electrons. The Labute approximate surface area is 146 Å². The summed E-state index contributed by atoms with van der Waals surface area (Å²) in [4.78, 5) is 25.3. The maximum atomic E-state index is 12.1. The Morgan fingerprint density at radius 1 is 1.12 bits per heavy atom. The lowest BCUT2D eigenvalue weighted by molar-refractivity contribution is -0.117. The molecule has 6 heteroatoms. The number of amides is 1. The molecule has 0 saturated carbocycles. The summed E-state index contributed by atoms with van der Waals surface area (Å²) in [6, 6.07) is 14.1. The van der Waals surface area contributed by atoms with Gasteiger partial charge in [-0.2, -0.15) is 0 Å². The highest BCUT2D eigenvalue weighted by Crippen LogP contribution is 2.16. The molecule has 0 aromatic heterocycles. The van der Waals surface area contributed by atoms with E-state index >= 15 is 0 Å². The van der Waals surface area contributed by atoms with Gasteiger partial charge in [-0.1, -0.05) is 29.8 Å². The van der Waals surface area contributed by atoms with Crippen molar-refractivity contribution in [3.05, 3.63) is 64.7 Å². The molecule has 0 saturated heterocycles. The Bertz CT molecular complexity index is 716. The van der Waals surface area contributed by atoms with Crippen LogP contribution in [0, 0.1) is 0 Å². The number of benzene rings is 2. The number of halogens is 1. The highest BCUT2D eigenvalue weighted by molar-refractivity contribution is 6.31. The zero-order valence-corrected chi connectivity index (χ0v) is 14.3. The second-order valence-electron chi connectivity index (χ2n) is 5.38. The van der Waals surface area contributed by atoms with Crippen molar-refractivity contribution in [1.29, 1.82) is 0 Å². The van der Waals surface area contributed by atoms with Crippen molar-refractivity contribution in [2.24, 2.45) is 0 Å². The molecule has 0 bridgehead atoms. The van der Waals surface area contributed by atoms with Crippen molar-refractivity contribution in [1.82, 2.24) is 4.90 Å². The van der Waals surface area contributed by atoms with Crippen LogP contribution in [0.1, 0.15) is 15.9 Å². The Morgan fingerprint density at radius 3 is 2.42 bits per heavy atom. The van der Waals surface area contributed by atoms with Crippen molar-refractivity contribution in [3.63, 3.8) is 0 Å². The first-order valence-corrected chi connectivity index (χ1v) is 7.77. The SMILES string of the molecule is COC(=O)c1ccc(NC(=O)CN(C)Cc2ccccc2Cl)cc1. The number of ether oxygens (including phenoxy) is 1. The van der Waals surface area contributed by atoms with Crippen LogP contribution in [0.25, 0.3) is 0 Å². The molecule has 5 nitrogen and oxygen atoms in total. The monoisotopic (exact) mass is 346 g/mol. The molecular weight excluding hydrogens is 328 g/mol. The average molecular weight is 347 g/mol. The largest absolute Gasteiger partial charge is 0.465 e. The van der Waals surface area contributed by atoms with Gasteiger partial charge in [-0.05, 0) is 42.9 Å². The lowest BCUT2D eigenvalue weighted by Crippen LogP contribution is -2.29. The molecule has 0 spiro atoms. The van der Waals surface area contributed by atoms with Gasteiger partial charge in [-0.15, -0.1) is 0 Å². The predicted molar refractivity (Wildman–Crippen MR) is 94.2 cm³/mol. The molecule has 1 N–H and O–H groups in total. The molecule has 0 unspecified atom stereocenters. The van der Waals surface area contributed by atoms with Gasteiger partial charge in [0, 0.05) is 17.3 Å². The average Bonchev–Trinajstić information content (AvgIpc) is 2.56. The molecule has 0 aliphatic heterocycles. The minimum absolute atomic E-state index is 0.143. The van der Waals surface area contributed by atoms with Crippen molar-refractivity contribution in [3.8, 4) is 0 Å². The maximum Gasteiger partial charge on any atom is 0.337 e. The van der Waals surface area contributed by atoms with E-state index in [1.165, 1.54) is 7.11 Å². The highest BCUT2D eigenvalue weighted by Gasteiger charge is 2.10. The zero-order valence-electron chi connectivity index (χ0n) is 13.6. The fourth-order valence-electron chi connectivity index (χ4n) is 2.23. The van der Waals surface area contributed by atoms with Crippen LogP contribution >= 0.6 is 11.6 Å². The van der Waals surface area contributed by atoms with Crippen LogP contribution in [0.3, 0.4) is 0 Å². The van der Waals surface area contributed by atoms with E-state index in [1.807, 2.05) is 36.2 Å². The minimum Gasteiger partial charge on any atom is -0.465 e. The third-order valence-corrected chi connectivity index (χ3v) is 3.77. The molecule has 2 aromatic rings. The van der Waals surface area contributed by atoms with Gasteiger partial charge in [0.1, 0.15) is 0 Å². The molecule has 0 heterocycles. The number of esters is 1. The number of rotatable bonds is 6. The summed E-state index contributed by atoms with van der Waals surface area (Å²) in [6.07, 6.45) is 0. The third kappa shape index (κ3) is 5.08. The number of anilines is 1. The second kappa shape index (κ2) is 8.47. The molecule has 126 valence electrons. The molecule has 24 heavy (non-hydrogen) atoms. The first kappa shape index (κ1) is 18.0. The second-order valence-corrected chi connectivity index (χ2v) is 5.79. The van der Waals surface area contributed by atoms with Crippen molar-refractivity contribution < 1.29 is 14.3 Å². The summed E-state index contributed by atoms with van der Waals surface area (Å²) >= 11 is 6.12. The van der Waals surface area contributed by atoms with Crippen molar-refractivity contribution in [2.45, 2.75) is 6.54 Å². The molecule has 0 aliphatic rings. The number of nitrogens with one attached hydrogen (secondary N) is 1. The minimum atomic E-state index is -0.410. The van der Waals surface area contributed by atoms with Crippen LogP contribution in [-0.2, 0) is 16.1 Å². The van der Waals surface area contributed by atoms with Crippen LogP contribution in [0.15, 0.2) is 48.5 Å². The smallest absolute Gasteiger partial charge is 0.337 e. The van der Waals surface area contributed by atoms with Gasteiger partial charge in [0.15, 0.2) is 0 Å². The van der Waals surface area contributed by atoms with Gasteiger partial charge < -0.3 is 10.1 Å². The fraction of sp³-hybridized carbons (Fsp3) is 0.222. The molecular formula is C18H19ClN2O3. The van der Waals surface area contributed by atoms with Gasteiger partial charge in [-0.3, -0.25) is 9.69 Å². The lowest BCUT2D eigenvalue weighted by Gasteiger charge is -2.17. The Morgan fingerprint density at radius 2 is 1.79 bits per heavy atom. The number of likely N-dealkylation sites (N-methyl/N-ethyl adjacent to an activating group) is 1. The molecule has 2 rings (SSSR count). The zero-order chi connectivity index (χ0) is 17.5. The third-order valence-electron chi connectivity index (χ3n) is 3.40. The Hall–Kier alpha value is -2.37. The summed E-state index contributed by atoms with van der Waals surface area (Å²) in [5.74, 6) is -0.553. The van der Waals surface area contributed by atoms with Crippen LogP contribution < -0.4 is 5.32 Å². The van der Waals surface area contributed by atoms with Crippen LogP contribution in [0.4, 0.5) is 5.69 Å². The lowest BCUT2D eigenvalue weighted by atomic mass is 10.2. The summed E-state index contributed by atoms with van der Waals surface area (Å²) < 4.78 is 4.63. The number of nitrogens with zero attached hydrogens (tertiary/aromatic N) is 1. The van der Waals surface area contributed by atoms with Gasteiger partial charge >= 0.3 is 5.97 Å². The van der Waals surface area contributed by atoms with E-state index < -0.39 is 5.97 Å². The van der Waals surface area contributed by atoms with Gasteiger partial charge in [0.05, 0.1) is 19.2 Å². The Balaban J connectivity index is 1.88. The van der Waals surface area contributed by atoms with E-state index in [-0.39, 0.29) is 12.5 Å². The normalized spacial score (nSPS) is 10.5.